The van der Waals surface area contributed by atoms with E-state index in [0.29, 0.717) is 5.92 Å². The van der Waals surface area contributed by atoms with Gasteiger partial charge < -0.3 is 5.73 Å². The molecular weight excluding hydrogens is 220 g/mol. The summed E-state index contributed by atoms with van der Waals surface area (Å²) in [7, 11) is 0. The van der Waals surface area contributed by atoms with Crippen molar-refractivity contribution in [2.75, 3.05) is 17.2 Å². The number of hydrogen-bond acceptors (Lipinski definition) is 4. The molecule has 0 aromatic carbocycles. The Balaban J connectivity index is 2.09. The van der Waals surface area contributed by atoms with E-state index in [0.717, 1.165) is 23.0 Å². The number of anilines is 1. The van der Waals surface area contributed by atoms with Crippen LogP contribution >= 0.6 is 11.8 Å². The van der Waals surface area contributed by atoms with Gasteiger partial charge in [-0.25, -0.2) is 0 Å². The maximum Gasteiger partial charge on any atom is 0.162 e. The fourth-order valence-corrected chi connectivity index (χ4v) is 3.34. The molecule has 84 valence electrons. The smallest absolute Gasteiger partial charge is 0.162 e. The van der Waals surface area contributed by atoms with Gasteiger partial charge >= 0.3 is 0 Å². The molecule has 2 N–H and O–H groups in total. The van der Waals surface area contributed by atoms with Crippen LogP contribution in [0.15, 0.2) is 18.2 Å². The summed E-state index contributed by atoms with van der Waals surface area (Å²) >= 11 is 1.99. The molecule has 1 aliphatic heterocycles. The van der Waals surface area contributed by atoms with Crippen LogP contribution in [0, 0.1) is 0 Å². The van der Waals surface area contributed by atoms with Crippen LogP contribution in [0.2, 0.25) is 0 Å². The Hall–Kier alpha value is -1.23. The molecule has 16 heavy (non-hydrogen) atoms. The molecule has 0 saturated carbocycles. The number of aromatic nitrogens is 3. The molecule has 0 bridgehead atoms. The molecule has 1 fully saturated rings. The van der Waals surface area contributed by atoms with Crippen LogP contribution in [-0.2, 0) is 0 Å². The second-order valence-corrected chi connectivity index (χ2v) is 5.27. The molecule has 4 nitrogen and oxygen atoms in total. The third kappa shape index (κ3) is 1.55. The third-order valence-electron chi connectivity index (χ3n) is 3.01. The summed E-state index contributed by atoms with van der Waals surface area (Å²) in [5, 5.41) is 8.48. The van der Waals surface area contributed by atoms with E-state index in [1.54, 1.807) is 0 Å². The maximum absolute atomic E-state index is 5.98. The van der Waals surface area contributed by atoms with Crippen molar-refractivity contribution in [1.82, 2.24) is 14.6 Å². The zero-order chi connectivity index (χ0) is 11.0. The summed E-state index contributed by atoms with van der Waals surface area (Å²) in [4.78, 5) is 0. The number of hydrogen-bond donors (Lipinski definition) is 1. The first-order valence-corrected chi connectivity index (χ1v) is 6.69. The van der Waals surface area contributed by atoms with E-state index in [2.05, 4.69) is 10.2 Å². The van der Waals surface area contributed by atoms with E-state index >= 15 is 0 Å². The molecule has 1 atom stereocenters. The Kier molecular flexibility index (Phi) is 2.47. The minimum atomic E-state index is 0.499. The lowest BCUT2D eigenvalue weighted by molar-refractivity contribution is 0.618. The largest absolute Gasteiger partial charge is 0.385 e. The first-order valence-electron chi connectivity index (χ1n) is 5.53. The quantitative estimate of drug-likeness (QED) is 0.819. The highest BCUT2D eigenvalue weighted by molar-refractivity contribution is 7.99. The van der Waals surface area contributed by atoms with E-state index in [1.807, 2.05) is 34.4 Å². The number of nitrogens with two attached hydrogens (primary N) is 1. The SMILES string of the molecule is Nc1cccc2nnc(C3CCCSC3)n12. The molecule has 1 unspecified atom stereocenters. The summed E-state index contributed by atoms with van der Waals surface area (Å²) < 4.78 is 1.98. The zero-order valence-electron chi connectivity index (χ0n) is 8.97. The average molecular weight is 234 g/mol. The molecular formula is C11H14N4S. The molecule has 2 aromatic rings. The minimum absolute atomic E-state index is 0.499. The van der Waals surface area contributed by atoms with Crippen molar-refractivity contribution in [3.63, 3.8) is 0 Å². The summed E-state index contributed by atoms with van der Waals surface area (Å²) in [6.07, 6.45) is 2.46. The van der Waals surface area contributed by atoms with Gasteiger partial charge in [0.1, 0.15) is 11.6 Å². The predicted molar refractivity (Wildman–Crippen MR) is 66.7 cm³/mol. The van der Waals surface area contributed by atoms with Gasteiger partial charge in [-0.2, -0.15) is 11.8 Å². The van der Waals surface area contributed by atoms with Gasteiger partial charge in [0, 0.05) is 11.7 Å². The Labute approximate surface area is 98.2 Å². The van der Waals surface area contributed by atoms with Gasteiger partial charge in [-0.15, -0.1) is 10.2 Å². The van der Waals surface area contributed by atoms with Crippen molar-refractivity contribution in [3.8, 4) is 0 Å². The second kappa shape index (κ2) is 3.97. The lowest BCUT2D eigenvalue weighted by Gasteiger charge is -2.19. The van der Waals surface area contributed by atoms with E-state index in [4.69, 9.17) is 5.73 Å². The average Bonchev–Trinajstić information content (AvgIpc) is 2.75. The number of nitrogens with zero attached hydrogens (tertiary/aromatic N) is 3. The number of pyridine rings is 1. The number of nitrogen functional groups attached to an aromatic ring is 1. The molecule has 3 heterocycles. The molecule has 0 radical (unpaired) electrons. The lowest BCUT2D eigenvalue weighted by Crippen LogP contribution is -2.13. The van der Waals surface area contributed by atoms with E-state index in [-0.39, 0.29) is 0 Å². The van der Waals surface area contributed by atoms with Crippen LogP contribution in [0.4, 0.5) is 5.82 Å². The highest BCUT2D eigenvalue weighted by Crippen LogP contribution is 2.30. The van der Waals surface area contributed by atoms with Crippen molar-refractivity contribution in [2.24, 2.45) is 0 Å². The maximum atomic E-state index is 5.98. The van der Waals surface area contributed by atoms with E-state index in [9.17, 15) is 0 Å². The minimum Gasteiger partial charge on any atom is -0.385 e. The Morgan fingerprint density at radius 2 is 2.31 bits per heavy atom. The van der Waals surface area contributed by atoms with Crippen LogP contribution in [0.1, 0.15) is 24.6 Å². The van der Waals surface area contributed by atoms with Crippen molar-refractivity contribution in [3.05, 3.63) is 24.0 Å². The van der Waals surface area contributed by atoms with Crippen LogP contribution in [0.25, 0.3) is 5.65 Å². The number of fused-ring (bicyclic) bond motifs is 1. The number of rotatable bonds is 1. The summed E-state index contributed by atoms with van der Waals surface area (Å²) in [5.74, 6) is 4.66. The number of thioether (sulfide) groups is 1. The van der Waals surface area contributed by atoms with Crippen molar-refractivity contribution >= 4 is 23.2 Å². The summed E-state index contributed by atoms with van der Waals surface area (Å²) in [5.41, 5.74) is 6.84. The third-order valence-corrected chi connectivity index (χ3v) is 4.22. The second-order valence-electron chi connectivity index (χ2n) is 4.12. The standard InChI is InChI=1S/C11H14N4S/c12-9-4-1-5-10-13-14-11(15(9)10)8-3-2-6-16-7-8/h1,4-5,8H,2-3,6-7,12H2. The van der Waals surface area contributed by atoms with Gasteiger partial charge in [0.15, 0.2) is 5.65 Å². The zero-order valence-corrected chi connectivity index (χ0v) is 9.78. The summed E-state index contributed by atoms with van der Waals surface area (Å²) in [6, 6.07) is 5.76. The normalized spacial score (nSPS) is 21.4. The predicted octanol–water partition coefficient (Wildman–Crippen LogP) is 1.92. The van der Waals surface area contributed by atoms with Crippen molar-refractivity contribution in [2.45, 2.75) is 18.8 Å². The first-order chi connectivity index (χ1) is 7.86. The van der Waals surface area contributed by atoms with Crippen LogP contribution in [0.3, 0.4) is 0 Å². The first kappa shape index (κ1) is 9.96. The fourth-order valence-electron chi connectivity index (χ4n) is 2.20. The topological polar surface area (TPSA) is 56.2 Å². The van der Waals surface area contributed by atoms with Crippen LogP contribution in [0.5, 0.6) is 0 Å². The lowest BCUT2D eigenvalue weighted by atomic mass is 10.0. The highest BCUT2D eigenvalue weighted by Gasteiger charge is 2.21. The van der Waals surface area contributed by atoms with Gasteiger partial charge in [0.25, 0.3) is 0 Å². The van der Waals surface area contributed by atoms with E-state index < -0.39 is 0 Å². The Morgan fingerprint density at radius 3 is 3.12 bits per heavy atom. The molecule has 0 aliphatic carbocycles. The molecule has 3 rings (SSSR count). The van der Waals surface area contributed by atoms with Crippen molar-refractivity contribution < 1.29 is 0 Å². The molecule has 0 spiro atoms. The highest BCUT2D eigenvalue weighted by atomic mass is 32.2. The fraction of sp³-hybridized carbons (Fsp3) is 0.455. The molecule has 1 aliphatic rings. The van der Waals surface area contributed by atoms with Crippen LogP contribution in [-0.4, -0.2) is 26.1 Å². The summed E-state index contributed by atoms with van der Waals surface area (Å²) in [6.45, 7) is 0. The molecule has 0 amide bonds. The Bertz CT molecular complexity index is 502. The van der Waals surface area contributed by atoms with Crippen LogP contribution < -0.4 is 5.73 Å². The monoisotopic (exact) mass is 234 g/mol. The molecule has 1 saturated heterocycles. The van der Waals surface area contributed by atoms with Gasteiger partial charge in [-0.05, 0) is 30.7 Å². The van der Waals surface area contributed by atoms with Gasteiger partial charge in [-0.1, -0.05) is 6.07 Å². The van der Waals surface area contributed by atoms with Gasteiger partial charge in [-0.3, -0.25) is 4.40 Å². The van der Waals surface area contributed by atoms with Gasteiger partial charge in [0.2, 0.25) is 0 Å². The Morgan fingerprint density at radius 1 is 1.38 bits per heavy atom. The van der Waals surface area contributed by atoms with E-state index in [1.165, 1.54) is 18.6 Å². The molecule has 2 aromatic heterocycles. The van der Waals surface area contributed by atoms with Crippen molar-refractivity contribution in [1.29, 1.82) is 0 Å². The van der Waals surface area contributed by atoms with Gasteiger partial charge in [0.05, 0.1) is 0 Å². The molecule has 5 heteroatoms.